The third-order valence-corrected chi connectivity index (χ3v) is 14.6. The van der Waals surface area contributed by atoms with E-state index in [9.17, 15) is 0 Å². The first-order valence-corrected chi connectivity index (χ1v) is 16.3. The molecule has 174 valence electrons. The van der Waals surface area contributed by atoms with Crippen molar-refractivity contribution in [3.63, 3.8) is 0 Å². The third kappa shape index (κ3) is 5.39. The Morgan fingerprint density at radius 1 is 0.667 bits per heavy atom. The van der Waals surface area contributed by atoms with Crippen LogP contribution in [0.3, 0.4) is 0 Å². The summed E-state index contributed by atoms with van der Waals surface area (Å²) in [4.78, 5) is 0. The lowest BCUT2D eigenvalue weighted by atomic mass is 9.99. The fourth-order valence-electron chi connectivity index (χ4n) is 6.56. The Bertz CT molecular complexity index is 876. The second-order valence-corrected chi connectivity index (χ2v) is 15.5. The Morgan fingerprint density at radius 2 is 1.15 bits per heavy atom. The minimum atomic E-state index is -0.480. The van der Waals surface area contributed by atoms with E-state index >= 15 is 0 Å². The quantitative estimate of drug-likeness (QED) is 0.352. The summed E-state index contributed by atoms with van der Waals surface area (Å²) in [5.41, 5.74) is 4.60. The number of rotatable bonds is 7. The van der Waals surface area contributed by atoms with E-state index in [4.69, 9.17) is 0 Å². The molecular formula is C31H40P2. The molecule has 5 rings (SSSR count). The van der Waals surface area contributed by atoms with E-state index in [1.165, 1.54) is 81.2 Å². The molecule has 2 aromatic rings. The van der Waals surface area contributed by atoms with Gasteiger partial charge >= 0.3 is 0 Å². The van der Waals surface area contributed by atoms with Gasteiger partial charge in [-0.15, -0.1) is 0 Å². The second-order valence-electron chi connectivity index (χ2n) is 10.2. The molecule has 1 atom stereocenters. The molecule has 2 aromatic carbocycles. The molecule has 2 heteroatoms. The summed E-state index contributed by atoms with van der Waals surface area (Å²) in [5, 5.41) is 4.68. The van der Waals surface area contributed by atoms with Crippen molar-refractivity contribution in [1.29, 1.82) is 0 Å². The van der Waals surface area contributed by atoms with Crippen LogP contribution in [-0.4, -0.2) is 17.0 Å². The smallest absolute Gasteiger partial charge is 0.00101 e. The zero-order chi connectivity index (χ0) is 22.5. The molecule has 2 fully saturated rings. The fourth-order valence-corrected chi connectivity index (χ4v) is 13.7. The van der Waals surface area contributed by atoms with Crippen LogP contribution in [0.4, 0.5) is 0 Å². The Balaban J connectivity index is 1.54. The molecule has 3 aliphatic carbocycles. The highest BCUT2D eigenvalue weighted by Gasteiger charge is 2.37. The summed E-state index contributed by atoms with van der Waals surface area (Å²) in [5.74, 6) is 0. The van der Waals surface area contributed by atoms with Gasteiger partial charge in [-0.1, -0.05) is 132 Å². The first-order chi connectivity index (χ1) is 16.3. The van der Waals surface area contributed by atoms with Crippen LogP contribution in [0.2, 0.25) is 0 Å². The molecule has 0 unspecified atom stereocenters. The molecule has 33 heavy (non-hydrogen) atoms. The van der Waals surface area contributed by atoms with Gasteiger partial charge in [0, 0.05) is 0 Å². The molecule has 0 saturated heterocycles. The van der Waals surface area contributed by atoms with Crippen molar-refractivity contribution in [2.24, 2.45) is 0 Å². The van der Waals surface area contributed by atoms with Crippen LogP contribution >= 0.6 is 15.8 Å². The van der Waals surface area contributed by atoms with Crippen molar-refractivity contribution in [2.75, 3.05) is 0 Å². The van der Waals surface area contributed by atoms with Crippen molar-refractivity contribution >= 4 is 26.5 Å². The zero-order valence-electron chi connectivity index (χ0n) is 20.3. The van der Waals surface area contributed by atoms with E-state index in [2.05, 4.69) is 79.7 Å². The highest BCUT2D eigenvalue weighted by molar-refractivity contribution is 7.77. The van der Waals surface area contributed by atoms with E-state index in [1.807, 2.05) is 0 Å². The SMILES string of the molecule is C[C@H](C1=C(P(c2ccccc2)c2ccccc2)C=CC1)P(C1CCCCC1)C1CCCCC1. The van der Waals surface area contributed by atoms with Gasteiger partial charge in [0.2, 0.25) is 0 Å². The normalized spacial score (nSPS) is 21.3. The Morgan fingerprint density at radius 3 is 1.64 bits per heavy atom. The van der Waals surface area contributed by atoms with E-state index in [0.717, 1.165) is 17.0 Å². The number of hydrogen-bond donors (Lipinski definition) is 0. The van der Waals surface area contributed by atoms with Gasteiger partial charge in [-0.05, 0) is 72.9 Å². The van der Waals surface area contributed by atoms with Gasteiger partial charge < -0.3 is 0 Å². The summed E-state index contributed by atoms with van der Waals surface area (Å²) >= 11 is 0. The summed E-state index contributed by atoms with van der Waals surface area (Å²) in [6, 6.07) is 22.7. The van der Waals surface area contributed by atoms with E-state index in [0.29, 0.717) is 0 Å². The van der Waals surface area contributed by atoms with Gasteiger partial charge in [-0.25, -0.2) is 0 Å². The van der Waals surface area contributed by atoms with Crippen LogP contribution in [0.15, 0.2) is 83.7 Å². The molecule has 0 N–H and O–H groups in total. The first-order valence-electron chi connectivity index (χ1n) is 13.4. The lowest BCUT2D eigenvalue weighted by Gasteiger charge is -2.43. The highest BCUT2D eigenvalue weighted by atomic mass is 31.1. The maximum Gasteiger partial charge on any atom is -0.00101 e. The molecule has 3 aliphatic rings. The molecule has 0 amide bonds. The molecule has 0 spiro atoms. The molecule has 0 aliphatic heterocycles. The van der Waals surface area contributed by atoms with Crippen LogP contribution in [-0.2, 0) is 0 Å². The molecule has 0 radical (unpaired) electrons. The van der Waals surface area contributed by atoms with Crippen molar-refractivity contribution in [1.82, 2.24) is 0 Å². The van der Waals surface area contributed by atoms with Gasteiger partial charge in [0.05, 0.1) is 0 Å². The van der Waals surface area contributed by atoms with E-state index in [-0.39, 0.29) is 7.92 Å². The zero-order valence-corrected chi connectivity index (χ0v) is 22.1. The minimum Gasteiger partial charge on any atom is -0.0932 e. The van der Waals surface area contributed by atoms with Crippen molar-refractivity contribution in [3.8, 4) is 0 Å². The third-order valence-electron chi connectivity index (χ3n) is 8.16. The Kier molecular flexibility index (Phi) is 8.18. The number of hydrogen-bond acceptors (Lipinski definition) is 0. The lowest BCUT2D eigenvalue weighted by molar-refractivity contribution is 0.482. The van der Waals surface area contributed by atoms with Crippen LogP contribution in [0.1, 0.15) is 77.6 Å². The maximum absolute atomic E-state index is 2.65. The van der Waals surface area contributed by atoms with Crippen molar-refractivity contribution < 1.29 is 0 Å². The lowest BCUT2D eigenvalue weighted by Crippen LogP contribution is -2.27. The topological polar surface area (TPSA) is 0 Å². The minimum absolute atomic E-state index is 0.0541. The molecule has 2 saturated carbocycles. The monoisotopic (exact) mass is 474 g/mol. The molecule has 0 aromatic heterocycles. The van der Waals surface area contributed by atoms with Crippen LogP contribution in [0.25, 0.3) is 0 Å². The predicted octanol–water partition coefficient (Wildman–Crippen LogP) is 8.87. The summed E-state index contributed by atoms with van der Waals surface area (Å²) in [6.45, 7) is 2.65. The van der Waals surface area contributed by atoms with Gasteiger partial charge in [0.25, 0.3) is 0 Å². The van der Waals surface area contributed by atoms with E-state index in [1.54, 1.807) is 10.9 Å². The van der Waals surface area contributed by atoms with Crippen LogP contribution in [0, 0.1) is 0 Å². The summed E-state index contributed by atoms with van der Waals surface area (Å²) in [6.07, 6.45) is 21.1. The average molecular weight is 475 g/mol. The fraction of sp³-hybridized carbons (Fsp3) is 0.484. The van der Waals surface area contributed by atoms with Gasteiger partial charge in [0.1, 0.15) is 0 Å². The average Bonchev–Trinajstić information content (AvgIpc) is 3.36. The van der Waals surface area contributed by atoms with Crippen LogP contribution < -0.4 is 10.6 Å². The van der Waals surface area contributed by atoms with Gasteiger partial charge in [0.15, 0.2) is 0 Å². The maximum atomic E-state index is 2.65. The first kappa shape index (κ1) is 23.5. The largest absolute Gasteiger partial charge is 0.0932 e. The number of allylic oxidation sites excluding steroid dienone is 4. The standard InChI is InChI=1S/C31H40P2/c1-25(32(26-15-6-2-7-16-26)27-17-8-3-9-18-27)30-23-14-24-31(30)33(28-19-10-4-11-20-28)29-21-12-5-13-22-29/h4-5,10-14,19-22,24-27H,2-3,6-9,15-18,23H2,1H3/t25-/m1/s1. The van der Waals surface area contributed by atoms with Crippen LogP contribution in [0.5, 0.6) is 0 Å². The van der Waals surface area contributed by atoms with Gasteiger partial charge in [-0.2, -0.15) is 0 Å². The van der Waals surface area contributed by atoms with Gasteiger partial charge in [-0.3, -0.25) is 0 Å². The second kappa shape index (κ2) is 11.5. The molecule has 0 heterocycles. The highest BCUT2D eigenvalue weighted by Crippen LogP contribution is 2.63. The summed E-state index contributed by atoms with van der Waals surface area (Å²) < 4.78 is 0. The Hall–Kier alpha value is -1.22. The van der Waals surface area contributed by atoms with E-state index < -0.39 is 7.92 Å². The Labute approximate surface area is 204 Å². The molecule has 0 nitrogen and oxygen atoms in total. The predicted molar refractivity (Wildman–Crippen MR) is 150 cm³/mol. The molecule has 0 bridgehead atoms. The van der Waals surface area contributed by atoms with Crippen molar-refractivity contribution in [3.05, 3.63) is 83.7 Å². The summed E-state index contributed by atoms with van der Waals surface area (Å²) in [7, 11) is -0.426. The number of benzene rings is 2. The van der Waals surface area contributed by atoms with Crippen molar-refractivity contribution in [2.45, 2.75) is 94.5 Å². The molecular weight excluding hydrogens is 434 g/mol.